The van der Waals surface area contributed by atoms with Crippen molar-refractivity contribution in [2.45, 2.75) is 13.8 Å². The van der Waals surface area contributed by atoms with Crippen LogP contribution >= 0.6 is 12.2 Å². The molecule has 0 amide bonds. The molecule has 106 valence electrons. The van der Waals surface area contributed by atoms with E-state index in [9.17, 15) is 0 Å². The quantitative estimate of drug-likeness (QED) is 0.807. The molecule has 0 atom stereocenters. The summed E-state index contributed by atoms with van der Waals surface area (Å²) in [6.45, 7) is 7.36. The number of hydrogen-bond donors (Lipinski definition) is 1. The van der Waals surface area contributed by atoms with Gasteiger partial charge in [-0.2, -0.15) is 0 Å². The van der Waals surface area contributed by atoms with E-state index in [1.807, 2.05) is 30.3 Å². The van der Waals surface area contributed by atoms with Crippen molar-refractivity contribution in [3.63, 3.8) is 0 Å². The zero-order valence-corrected chi connectivity index (χ0v) is 13.2. The summed E-state index contributed by atoms with van der Waals surface area (Å²) in [6, 6.07) is 10.1. The first kappa shape index (κ1) is 15.9. The Bertz CT molecular complexity index is 376. The molecule has 0 bridgehead atoms. The second kappa shape index (κ2) is 8.12. The van der Waals surface area contributed by atoms with Gasteiger partial charge < -0.3 is 15.1 Å². The highest BCUT2D eigenvalue weighted by molar-refractivity contribution is 7.80. The third kappa shape index (κ3) is 6.55. The highest BCUT2D eigenvalue weighted by atomic mass is 32.1. The van der Waals surface area contributed by atoms with E-state index in [4.69, 9.17) is 12.2 Å². The van der Waals surface area contributed by atoms with E-state index in [1.165, 1.54) is 0 Å². The van der Waals surface area contributed by atoms with Gasteiger partial charge in [0.1, 0.15) is 0 Å². The second-order valence-electron chi connectivity index (χ2n) is 5.44. The van der Waals surface area contributed by atoms with Crippen molar-refractivity contribution in [1.82, 2.24) is 9.80 Å². The van der Waals surface area contributed by atoms with Crippen LogP contribution in [0.5, 0.6) is 0 Å². The molecule has 1 aromatic carbocycles. The molecule has 0 aliphatic rings. The first-order chi connectivity index (χ1) is 8.99. The lowest BCUT2D eigenvalue weighted by Crippen LogP contribution is -2.41. The zero-order chi connectivity index (χ0) is 14.3. The van der Waals surface area contributed by atoms with Gasteiger partial charge in [0.25, 0.3) is 0 Å². The van der Waals surface area contributed by atoms with Crippen molar-refractivity contribution in [2.24, 2.45) is 5.92 Å². The Balaban J connectivity index is 2.60. The minimum Gasteiger partial charge on any atom is -0.347 e. The number of thiocarbonyl (C=S) groups is 1. The fourth-order valence-corrected chi connectivity index (χ4v) is 2.04. The molecule has 19 heavy (non-hydrogen) atoms. The van der Waals surface area contributed by atoms with E-state index in [2.05, 4.69) is 43.1 Å². The van der Waals surface area contributed by atoms with Crippen molar-refractivity contribution in [3.8, 4) is 0 Å². The van der Waals surface area contributed by atoms with Gasteiger partial charge in [0, 0.05) is 25.3 Å². The molecule has 1 rings (SSSR count). The van der Waals surface area contributed by atoms with Crippen molar-refractivity contribution >= 4 is 23.0 Å². The molecule has 0 fully saturated rings. The minimum atomic E-state index is 0.595. The van der Waals surface area contributed by atoms with E-state index in [1.54, 1.807) is 0 Å². The summed E-state index contributed by atoms with van der Waals surface area (Å²) < 4.78 is 0. The van der Waals surface area contributed by atoms with Crippen LogP contribution < -0.4 is 5.32 Å². The van der Waals surface area contributed by atoms with Crippen LogP contribution in [-0.4, -0.2) is 48.6 Å². The zero-order valence-electron chi connectivity index (χ0n) is 12.4. The lowest BCUT2D eigenvalue weighted by atomic mass is 10.2. The van der Waals surface area contributed by atoms with Gasteiger partial charge in [-0.05, 0) is 44.4 Å². The summed E-state index contributed by atoms with van der Waals surface area (Å²) in [5.74, 6) is 0.595. The van der Waals surface area contributed by atoms with Gasteiger partial charge in [-0.25, -0.2) is 0 Å². The van der Waals surface area contributed by atoms with Gasteiger partial charge >= 0.3 is 0 Å². The van der Waals surface area contributed by atoms with E-state index >= 15 is 0 Å². The van der Waals surface area contributed by atoms with Crippen molar-refractivity contribution in [2.75, 3.05) is 39.0 Å². The van der Waals surface area contributed by atoms with Crippen LogP contribution in [0.25, 0.3) is 0 Å². The van der Waals surface area contributed by atoms with Gasteiger partial charge in [0.05, 0.1) is 0 Å². The summed E-state index contributed by atoms with van der Waals surface area (Å²) in [4.78, 5) is 4.42. The predicted octanol–water partition coefficient (Wildman–Crippen LogP) is 2.90. The van der Waals surface area contributed by atoms with Gasteiger partial charge in [-0.15, -0.1) is 0 Å². The molecule has 0 unspecified atom stereocenters. The summed E-state index contributed by atoms with van der Waals surface area (Å²) in [5, 5.41) is 4.12. The Kier molecular flexibility index (Phi) is 6.81. The van der Waals surface area contributed by atoms with Crippen LogP contribution in [0.4, 0.5) is 5.69 Å². The highest BCUT2D eigenvalue weighted by Crippen LogP contribution is 2.08. The van der Waals surface area contributed by atoms with Crippen molar-refractivity contribution < 1.29 is 0 Å². The fraction of sp³-hybridized carbons (Fsp3) is 0.533. The van der Waals surface area contributed by atoms with Gasteiger partial charge in [-0.1, -0.05) is 32.0 Å². The van der Waals surface area contributed by atoms with E-state index in [0.29, 0.717) is 5.92 Å². The molecule has 4 heteroatoms. The molecule has 0 heterocycles. The first-order valence-corrected chi connectivity index (χ1v) is 7.15. The number of nitrogens with zero attached hydrogens (tertiary/aromatic N) is 2. The van der Waals surface area contributed by atoms with Crippen LogP contribution in [0.15, 0.2) is 30.3 Å². The number of rotatable bonds is 6. The van der Waals surface area contributed by atoms with E-state index < -0.39 is 0 Å². The SMILES string of the molecule is CC(C)CN(CCN(C)C)C(=S)Nc1ccccc1. The van der Waals surface area contributed by atoms with Crippen LogP contribution in [-0.2, 0) is 0 Å². The fourth-order valence-electron chi connectivity index (χ4n) is 1.76. The molecule has 3 nitrogen and oxygen atoms in total. The van der Waals surface area contributed by atoms with Gasteiger partial charge in [0.15, 0.2) is 5.11 Å². The predicted molar refractivity (Wildman–Crippen MR) is 87.6 cm³/mol. The maximum absolute atomic E-state index is 5.52. The summed E-state index contributed by atoms with van der Waals surface area (Å²) in [6.07, 6.45) is 0. The Hall–Kier alpha value is -1.13. The lowest BCUT2D eigenvalue weighted by molar-refractivity contribution is 0.310. The molecule has 1 N–H and O–H groups in total. The smallest absolute Gasteiger partial charge is 0.173 e. The summed E-state index contributed by atoms with van der Waals surface area (Å²) in [5.41, 5.74) is 1.05. The van der Waals surface area contributed by atoms with E-state index in [-0.39, 0.29) is 0 Å². The molecule has 0 saturated carbocycles. The maximum atomic E-state index is 5.52. The number of anilines is 1. The van der Waals surface area contributed by atoms with Crippen LogP contribution in [0.1, 0.15) is 13.8 Å². The molecule has 0 saturated heterocycles. The monoisotopic (exact) mass is 279 g/mol. The van der Waals surface area contributed by atoms with E-state index in [0.717, 1.165) is 30.4 Å². The number of benzene rings is 1. The summed E-state index contributed by atoms with van der Waals surface area (Å²) in [7, 11) is 4.17. The second-order valence-corrected chi connectivity index (χ2v) is 5.83. The molecule has 0 radical (unpaired) electrons. The van der Waals surface area contributed by atoms with Crippen LogP contribution in [0, 0.1) is 5.92 Å². The standard InChI is InChI=1S/C15H25N3S/c1-13(2)12-18(11-10-17(3)4)15(19)16-14-8-6-5-7-9-14/h5-9,13H,10-12H2,1-4H3,(H,16,19). The maximum Gasteiger partial charge on any atom is 0.173 e. The van der Waals surface area contributed by atoms with Gasteiger partial charge in [-0.3, -0.25) is 0 Å². The Morgan fingerprint density at radius 3 is 2.32 bits per heavy atom. The largest absolute Gasteiger partial charge is 0.347 e. The molecule has 0 aliphatic carbocycles. The average Bonchev–Trinajstić information content (AvgIpc) is 2.35. The number of likely N-dealkylation sites (N-methyl/N-ethyl adjacent to an activating group) is 1. The lowest BCUT2D eigenvalue weighted by Gasteiger charge is -2.28. The molecule has 0 aromatic heterocycles. The first-order valence-electron chi connectivity index (χ1n) is 6.74. The van der Waals surface area contributed by atoms with Crippen LogP contribution in [0.2, 0.25) is 0 Å². The average molecular weight is 279 g/mol. The number of nitrogens with one attached hydrogen (secondary N) is 1. The summed E-state index contributed by atoms with van der Waals surface area (Å²) >= 11 is 5.52. The van der Waals surface area contributed by atoms with Crippen molar-refractivity contribution in [3.05, 3.63) is 30.3 Å². The minimum absolute atomic E-state index is 0.595. The molecular formula is C15H25N3S. The van der Waals surface area contributed by atoms with Gasteiger partial charge in [0.2, 0.25) is 0 Å². The van der Waals surface area contributed by atoms with Crippen molar-refractivity contribution in [1.29, 1.82) is 0 Å². The molecule has 0 aliphatic heterocycles. The number of hydrogen-bond acceptors (Lipinski definition) is 2. The molecule has 0 spiro atoms. The highest BCUT2D eigenvalue weighted by Gasteiger charge is 2.11. The third-order valence-electron chi connectivity index (χ3n) is 2.71. The Morgan fingerprint density at radius 1 is 1.16 bits per heavy atom. The van der Waals surface area contributed by atoms with Crippen LogP contribution in [0.3, 0.4) is 0 Å². The molecule has 1 aromatic rings. The third-order valence-corrected chi connectivity index (χ3v) is 3.08. The number of para-hydroxylation sites is 1. The Morgan fingerprint density at radius 2 is 1.79 bits per heavy atom. The normalized spacial score (nSPS) is 10.8. The Labute approximate surface area is 122 Å². The molecular weight excluding hydrogens is 254 g/mol. The topological polar surface area (TPSA) is 18.5 Å².